The van der Waals surface area contributed by atoms with E-state index < -0.39 is 6.10 Å². The summed E-state index contributed by atoms with van der Waals surface area (Å²) in [7, 11) is 0. The lowest BCUT2D eigenvalue weighted by molar-refractivity contribution is 0.193. The van der Waals surface area contributed by atoms with Gasteiger partial charge in [0.1, 0.15) is 5.65 Å². The van der Waals surface area contributed by atoms with Crippen molar-refractivity contribution in [1.29, 1.82) is 0 Å². The Balaban J connectivity index is 2.71. The molecule has 1 atom stereocenters. The third-order valence-corrected chi connectivity index (χ3v) is 2.11. The minimum atomic E-state index is -0.475. The van der Waals surface area contributed by atoms with Crippen molar-refractivity contribution in [2.75, 3.05) is 0 Å². The number of fused-ring (bicyclic) bond motifs is 1. The second-order valence-corrected chi connectivity index (χ2v) is 3.29. The Morgan fingerprint density at radius 3 is 2.92 bits per heavy atom. The lowest BCUT2D eigenvalue weighted by Gasteiger charge is -2.04. The van der Waals surface area contributed by atoms with E-state index in [0.717, 1.165) is 16.9 Å². The molecule has 0 fully saturated rings. The van der Waals surface area contributed by atoms with Crippen molar-refractivity contribution in [2.24, 2.45) is 0 Å². The first-order valence-electron chi connectivity index (χ1n) is 4.30. The maximum absolute atomic E-state index is 9.44. The maximum atomic E-state index is 9.44. The topological polar surface area (TPSA) is 37.5 Å². The third kappa shape index (κ3) is 1.31. The van der Waals surface area contributed by atoms with E-state index in [2.05, 4.69) is 4.98 Å². The molecule has 3 nitrogen and oxygen atoms in total. The molecule has 0 amide bonds. The third-order valence-electron chi connectivity index (χ3n) is 2.11. The maximum Gasteiger partial charge on any atom is 0.136 e. The predicted octanol–water partition coefficient (Wildman–Crippen LogP) is 1.70. The van der Waals surface area contributed by atoms with Crippen LogP contribution in [0.2, 0.25) is 0 Å². The van der Waals surface area contributed by atoms with E-state index in [1.807, 2.05) is 29.7 Å². The molecule has 0 bridgehead atoms. The van der Waals surface area contributed by atoms with Crippen LogP contribution in [0.5, 0.6) is 0 Å². The molecular formula is C10H12N2O. The molecule has 0 spiro atoms. The van der Waals surface area contributed by atoms with Crippen LogP contribution in [0, 0.1) is 6.92 Å². The highest BCUT2D eigenvalue weighted by Gasteiger charge is 2.07. The van der Waals surface area contributed by atoms with Crippen molar-refractivity contribution in [1.82, 2.24) is 9.38 Å². The molecule has 3 heteroatoms. The van der Waals surface area contributed by atoms with E-state index >= 15 is 0 Å². The minimum Gasteiger partial charge on any atom is -0.387 e. The van der Waals surface area contributed by atoms with Crippen LogP contribution in [0.1, 0.15) is 24.3 Å². The monoisotopic (exact) mass is 176 g/mol. The summed E-state index contributed by atoms with van der Waals surface area (Å²) in [6.07, 6.45) is 3.21. The second-order valence-electron chi connectivity index (χ2n) is 3.29. The number of aromatic nitrogens is 2. The number of hydrogen-bond donors (Lipinski definition) is 1. The quantitative estimate of drug-likeness (QED) is 0.718. The van der Waals surface area contributed by atoms with Crippen LogP contribution in [0.4, 0.5) is 0 Å². The van der Waals surface area contributed by atoms with Crippen LogP contribution in [-0.2, 0) is 0 Å². The van der Waals surface area contributed by atoms with Gasteiger partial charge >= 0.3 is 0 Å². The Hall–Kier alpha value is -1.35. The largest absolute Gasteiger partial charge is 0.387 e. The molecule has 0 saturated carbocycles. The zero-order chi connectivity index (χ0) is 9.42. The zero-order valence-corrected chi connectivity index (χ0v) is 7.73. The highest BCUT2D eigenvalue weighted by atomic mass is 16.3. The van der Waals surface area contributed by atoms with Gasteiger partial charge in [0.15, 0.2) is 0 Å². The lowest BCUT2D eigenvalue weighted by atomic mass is 10.3. The molecule has 68 valence electrons. The highest BCUT2D eigenvalue weighted by Crippen LogP contribution is 2.14. The number of aliphatic hydroxyl groups is 1. The van der Waals surface area contributed by atoms with Crippen molar-refractivity contribution < 1.29 is 5.11 Å². The fourth-order valence-electron chi connectivity index (χ4n) is 1.41. The standard InChI is InChI=1S/C10H12N2O/c1-7-3-4-10-11-5-9(8(2)13)12(10)6-7/h3-6,8,13H,1-2H3. The molecule has 1 unspecified atom stereocenters. The average molecular weight is 176 g/mol. The van der Waals surface area contributed by atoms with Crippen molar-refractivity contribution in [3.63, 3.8) is 0 Å². The van der Waals surface area contributed by atoms with Crippen LogP contribution in [0.25, 0.3) is 5.65 Å². The first-order chi connectivity index (χ1) is 6.18. The van der Waals surface area contributed by atoms with Crippen molar-refractivity contribution in [3.8, 4) is 0 Å². The number of nitrogens with zero attached hydrogens (tertiary/aromatic N) is 2. The summed E-state index contributed by atoms with van der Waals surface area (Å²) < 4.78 is 1.92. The Kier molecular flexibility index (Phi) is 1.81. The number of aryl methyl sites for hydroxylation is 1. The zero-order valence-electron chi connectivity index (χ0n) is 7.73. The SMILES string of the molecule is Cc1ccc2ncc(C(C)O)n2c1. The van der Waals surface area contributed by atoms with Gasteiger partial charge in [-0.3, -0.25) is 0 Å². The molecule has 2 aromatic heterocycles. The summed E-state index contributed by atoms with van der Waals surface area (Å²) in [4.78, 5) is 4.18. The van der Waals surface area contributed by atoms with Crippen LogP contribution < -0.4 is 0 Å². The first-order valence-corrected chi connectivity index (χ1v) is 4.30. The van der Waals surface area contributed by atoms with Gasteiger partial charge in [-0.1, -0.05) is 6.07 Å². The average Bonchev–Trinajstić information content (AvgIpc) is 2.46. The summed E-state index contributed by atoms with van der Waals surface area (Å²) >= 11 is 0. The summed E-state index contributed by atoms with van der Waals surface area (Å²) in [6, 6.07) is 3.95. The molecule has 2 rings (SSSR count). The lowest BCUT2D eigenvalue weighted by Crippen LogP contribution is -1.97. The van der Waals surface area contributed by atoms with Gasteiger partial charge in [-0.25, -0.2) is 4.98 Å². The van der Waals surface area contributed by atoms with Crippen molar-refractivity contribution >= 4 is 5.65 Å². The molecule has 0 saturated heterocycles. The summed E-state index contributed by atoms with van der Waals surface area (Å²) in [5, 5.41) is 9.44. The first kappa shape index (κ1) is 8.26. The Morgan fingerprint density at radius 1 is 1.46 bits per heavy atom. The van der Waals surface area contributed by atoms with E-state index in [0.29, 0.717) is 0 Å². The van der Waals surface area contributed by atoms with Crippen molar-refractivity contribution in [2.45, 2.75) is 20.0 Å². The van der Waals surface area contributed by atoms with Gasteiger partial charge in [0.2, 0.25) is 0 Å². The van der Waals surface area contributed by atoms with Gasteiger partial charge in [0.05, 0.1) is 18.0 Å². The summed E-state index contributed by atoms with van der Waals surface area (Å²) in [5.74, 6) is 0. The van der Waals surface area contributed by atoms with Gasteiger partial charge in [-0.15, -0.1) is 0 Å². The molecule has 2 aromatic rings. The predicted molar refractivity (Wildman–Crippen MR) is 50.6 cm³/mol. The Bertz CT molecular complexity index is 431. The van der Waals surface area contributed by atoms with Gasteiger partial charge in [0, 0.05) is 6.20 Å². The normalized spacial score (nSPS) is 13.5. The van der Waals surface area contributed by atoms with E-state index in [9.17, 15) is 5.11 Å². The second kappa shape index (κ2) is 2.85. The Morgan fingerprint density at radius 2 is 2.23 bits per heavy atom. The highest BCUT2D eigenvalue weighted by molar-refractivity contribution is 5.41. The number of pyridine rings is 1. The van der Waals surface area contributed by atoms with Crippen LogP contribution in [0.15, 0.2) is 24.5 Å². The summed E-state index contributed by atoms with van der Waals surface area (Å²) in [6.45, 7) is 3.76. The smallest absolute Gasteiger partial charge is 0.136 e. The number of aliphatic hydroxyl groups excluding tert-OH is 1. The summed E-state index contributed by atoms with van der Waals surface area (Å²) in [5.41, 5.74) is 2.87. The van der Waals surface area contributed by atoms with Gasteiger partial charge < -0.3 is 9.51 Å². The number of imidazole rings is 1. The molecule has 0 aliphatic carbocycles. The number of rotatable bonds is 1. The minimum absolute atomic E-state index is 0.475. The molecule has 0 aliphatic heterocycles. The Labute approximate surface area is 76.7 Å². The van der Waals surface area contributed by atoms with Crippen LogP contribution in [-0.4, -0.2) is 14.5 Å². The van der Waals surface area contributed by atoms with Gasteiger partial charge in [0.25, 0.3) is 0 Å². The fourth-order valence-corrected chi connectivity index (χ4v) is 1.41. The van der Waals surface area contributed by atoms with E-state index in [1.165, 1.54) is 0 Å². The van der Waals surface area contributed by atoms with Crippen molar-refractivity contribution in [3.05, 3.63) is 35.8 Å². The molecule has 2 heterocycles. The molecule has 1 N–H and O–H groups in total. The van der Waals surface area contributed by atoms with Gasteiger partial charge in [-0.05, 0) is 25.5 Å². The van der Waals surface area contributed by atoms with E-state index in [1.54, 1.807) is 13.1 Å². The van der Waals surface area contributed by atoms with E-state index in [-0.39, 0.29) is 0 Å². The fraction of sp³-hybridized carbons (Fsp3) is 0.300. The molecule has 0 aliphatic rings. The van der Waals surface area contributed by atoms with Crippen LogP contribution >= 0.6 is 0 Å². The molecular weight excluding hydrogens is 164 g/mol. The molecule has 0 aromatic carbocycles. The van der Waals surface area contributed by atoms with Crippen LogP contribution in [0.3, 0.4) is 0 Å². The number of hydrogen-bond acceptors (Lipinski definition) is 2. The molecule has 13 heavy (non-hydrogen) atoms. The van der Waals surface area contributed by atoms with Gasteiger partial charge in [-0.2, -0.15) is 0 Å². The van der Waals surface area contributed by atoms with E-state index in [4.69, 9.17) is 0 Å². The molecule has 0 radical (unpaired) electrons.